The highest BCUT2D eigenvalue weighted by atomic mass is 35.5. The molecule has 6 nitrogen and oxygen atoms in total. The van der Waals surface area contributed by atoms with Crippen molar-refractivity contribution in [1.82, 2.24) is 9.80 Å². The highest BCUT2D eigenvalue weighted by Crippen LogP contribution is 2.27. The summed E-state index contributed by atoms with van der Waals surface area (Å²) in [6, 6.07) is 6.48. The number of fused-ring (bicyclic) bond motifs is 1. The highest BCUT2D eigenvalue weighted by molar-refractivity contribution is 6.30. The molecule has 8 heteroatoms. The van der Waals surface area contributed by atoms with Gasteiger partial charge in [0.05, 0.1) is 5.71 Å². The number of imide groups is 1. The summed E-state index contributed by atoms with van der Waals surface area (Å²) in [5.74, 6) is -1.78. The fraction of sp³-hybridized carbons (Fsp3) is 0.364. The van der Waals surface area contributed by atoms with Crippen molar-refractivity contribution in [3.8, 4) is 0 Å². The zero-order chi connectivity index (χ0) is 21.3. The Balaban J connectivity index is 1.34. The molecule has 4 amide bonds. The fourth-order valence-corrected chi connectivity index (χ4v) is 4.31. The summed E-state index contributed by atoms with van der Waals surface area (Å²) in [6.45, 7) is 0.920. The molecule has 1 unspecified atom stereocenters. The lowest BCUT2D eigenvalue weighted by atomic mass is 9.92. The Hall–Kier alpha value is -2.80. The fourth-order valence-electron chi connectivity index (χ4n) is 4.09. The van der Waals surface area contributed by atoms with E-state index in [2.05, 4.69) is 4.99 Å². The minimum absolute atomic E-state index is 0.0347. The van der Waals surface area contributed by atoms with Gasteiger partial charge in [0, 0.05) is 30.6 Å². The quantitative estimate of drug-likeness (QED) is 0.732. The average Bonchev–Trinajstić information content (AvgIpc) is 2.73. The predicted octanol–water partition coefficient (Wildman–Crippen LogP) is 3.71. The van der Waals surface area contributed by atoms with Crippen molar-refractivity contribution in [2.24, 2.45) is 10.9 Å². The van der Waals surface area contributed by atoms with Crippen LogP contribution in [0.25, 0.3) is 0 Å². The maximum atomic E-state index is 13.6. The number of hydrogen-bond donors (Lipinski definition) is 0. The predicted molar refractivity (Wildman–Crippen MR) is 111 cm³/mol. The molecule has 0 bridgehead atoms. The third kappa shape index (κ3) is 4.21. The molecular weight excluding hydrogens is 409 g/mol. The molecule has 1 aliphatic carbocycles. The molecule has 30 heavy (non-hydrogen) atoms. The second-order valence-electron chi connectivity index (χ2n) is 7.63. The number of amides is 4. The van der Waals surface area contributed by atoms with Gasteiger partial charge in [0.2, 0.25) is 11.8 Å². The Kier molecular flexibility index (Phi) is 5.81. The van der Waals surface area contributed by atoms with Crippen LogP contribution in [0.15, 0.2) is 53.3 Å². The molecule has 0 radical (unpaired) electrons. The van der Waals surface area contributed by atoms with Gasteiger partial charge in [-0.05, 0) is 55.2 Å². The van der Waals surface area contributed by atoms with Crippen molar-refractivity contribution in [2.45, 2.75) is 31.7 Å². The number of piperidine rings is 1. The van der Waals surface area contributed by atoms with Crippen LogP contribution in [0, 0.1) is 5.92 Å². The van der Waals surface area contributed by atoms with E-state index in [4.69, 9.17) is 11.6 Å². The Morgan fingerprint density at radius 3 is 2.70 bits per heavy atom. The summed E-state index contributed by atoms with van der Waals surface area (Å²) < 4.78 is 13.6. The minimum Gasteiger partial charge on any atom is -0.343 e. The zero-order valence-corrected chi connectivity index (χ0v) is 17.0. The lowest BCUT2D eigenvalue weighted by Gasteiger charge is -2.39. The molecule has 1 fully saturated rings. The summed E-state index contributed by atoms with van der Waals surface area (Å²) in [4.78, 5) is 44.7. The lowest BCUT2D eigenvalue weighted by Crippen LogP contribution is -2.54. The summed E-state index contributed by atoms with van der Waals surface area (Å²) >= 11 is 5.98. The Morgan fingerprint density at radius 1 is 1.20 bits per heavy atom. The number of carbonyl (C=O) groups is 3. The molecule has 4 rings (SSSR count). The number of aliphatic imine (C=N–C) groups is 1. The van der Waals surface area contributed by atoms with E-state index in [1.807, 2.05) is 18.2 Å². The average molecular weight is 430 g/mol. The number of nitrogens with zero attached hydrogens (tertiary/aromatic N) is 3. The van der Waals surface area contributed by atoms with Crippen LogP contribution < -0.4 is 0 Å². The number of urea groups is 1. The molecule has 3 aliphatic rings. The largest absolute Gasteiger partial charge is 0.350 e. The smallest absolute Gasteiger partial charge is 0.343 e. The van der Waals surface area contributed by atoms with Crippen LogP contribution >= 0.6 is 11.6 Å². The van der Waals surface area contributed by atoms with Gasteiger partial charge in [-0.2, -0.15) is 4.99 Å². The van der Waals surface area contributed by atoms with E-state index in [-0.39, 0.29) is 17.7 Å². The topological polar surface area (TPSA) is 70.1 Å². The first-order chi connectivity index (χ1) is 14.4. The van der Waals surface area contributed by atoms with Crippen molar-refractivity contribution in [3.05, 3.63) is 58.9 Å². The van der Waals surface area contributed by atoms with E-state index >= 15 is 0 Å². The van der Waals surface area contributed by atoms with Crippen LogP contribution in [0.2, 0.25) is 5.02 Å². The van der Waals surface area contributed by atoms with Crippen molar-refractivity contribution in [2.75, 3.05) is 13.1 Å². The summed E-state index contributed by atoms with van der Waals surface area (Å²) in [5, 5.41) is 0.644. The second-order valence-corrected chi connectivity index (χ2v) is 8.07. The van der Waals surface area contributed by atoms with E-state index in [1.165, 1.54) is 18.2 Å². The van der Waals surface area contributed by atoms with Crippen LogP contribution in [-0.4, -0.2) is 52.5 Å². The number of allylic oxidation sites excluding steroid dienone is 3. The maximum Gasteiger partial charge on any atom is 0.350 e. The van der Waals surface area contributed by atoms with Gasteiger partial charge in [-0.25, -0.2) is 9.18 Å². The van der Waals surface area contributed by atoms with Gasteiger partial charge in [0.1, 0.15) is 11.7 Å². The van der Waals surface area contributed by atoms with Gasteiger partial charge < -0.3 is 4.90 Å². The third-order valence-corrected chi connectivity index (χ3v) is 5.93. The molecule has 156 valence electrons. The number of benzene rings is 1. The van der Waals surface area contributed by atoms with Gasteiger partial charge in [-0.1, -0.05) is 23.7 Å². The Labute approximate surface area is 178 Å². The van der Waals surface area contributed by atoms with E-state index in [9.17, 15) is 18.8 Å². The first kappa shape index (κ1) is 20.5. The normalized spacial score (nSPS) is 22.0. The van der Waals surface area contributed by atoms with Crippen molar-refractivity contribution in [1.29, 1.82) is 0 Å². The van der Waals surface area contributed by atoms with Crippen LogP contribution in [0.4, 0.5) is 9.18 Å². The third-order valence-electron chi connectivity index (χ3n) is 5.69. The number of rotatable bonds is 4. The molecule has 1 aromatic rings. The Morgan fingerprint density at radius 2 is 1.97 bits per heavy atom. The van der Waals surface area contributed by atoms with Gasteiger partial charge in [0.25, 0.3) is 0 Å². The minimum atomic E-state index is -0.856. The number of likely N-dealkylation sites (tertiary alicyclic amines) is 1. The molecule has 0 N–H and O–H groups in total. The van der Waals surface area contributed by atoms with E-state index in [1.54, 1.807) is 11.0 Å². The molecular formula is C22H21ClFN3O3. The van der Waals surface area contributed by atoms with Crippen molar-refractivity contribution >= 4 is 35.2 Å². The molecule has 1 saturated heterocycles. The molecule has 0 spiro atoms. The van der Waals surface area contributed by atoms with Crippen molar-refractivity contribution < 1.29 is 18.8 Å². The van der Waals surface area contributed by atoms with Gasteiger partial charge in [-0.3, -0.25) is 14.5 Å². The first-order valence-corrected chi connectivity index (χ1v) is 10.3. The number of carbonyl (C=O) groups excluding carboxylic acids is 3. The first-order valence-electron chi connectivity index (χ1n) is 9.95. The zero-order valence-electron chi connectivity index (χ0n) is 16.3. The monoisotopic (exact) mass is 429 g/mol. The second kappa shape index (κ2) is 8.52. The molecule has 1 atom stereocenters. The Bertz CT molecular complexity index is 980. The number of aryl methyl sites for hydroxylation is 1. The van der Waals surface area contributed by atoms with Gasteiger partial charge in [-0.15, -0.1) is 0 Å². The van der Waals surface area contributed by atoms with Crippen molar-refractivity contribution in [3.63, 3.8) is 0 Å². The van der Waals surface area contributed by atoms with Crippen LogP contribution in [0.1, 0.15) is 24.8 Å². The molecule has 2 heterocycles. The lowest BCUT2D eigenvalue weighted by molar-refractivity contribution is -0.134. The molecule has 0 aromatic heterocycles. The molecule has 2 aliphatic heterocycles. The molecule has 0 saturated carbocycles. The van der Waals surface area contributed by atoms with E-state index < -0.39 is 23.7 Å². The summed E-state index contributed by atoms with van der Waals surface area (Å²) in [6.07, 6.45) is 5.70. The highest BCUT2D eigenvalue weighted by Gasteiger charge is 2.41. The number of hydrogen-bond acceptors (Lipinski definition) is 3. The van der Waals surface area contributed by atoms with Gasteiger partial charge in [0.15, 0.2) is 0 Å². The SMILES string of the molecule is O=C(CCc1cccc(Cl)c1)N1CCC(N2C(=O)N=C3C=CC(F)=CC3C2=O)CC1. The number of halogens is 2. The standard InChI is InChI=1S/C22H21ClFN3O3/c23-15-3-1-2-14(12-15)4-7-20(28)26-10-8-17(9-11-26)27-21(29)18-13-16(24)5-6-19(18)25-22(27)30/h1-3,5-6,12-13,17-18H,4,7-11H2. The van der Waals surface area contributed by atoms with E-state index in [0.29, 0.717) is 43.8 Å². The summed E-state index contributed by atoms with van der Waals surface area (Å²) in [5.41, 5.74) is 1.28. The van der Waals surface area contributed by atoms with E-state index in [0.717, 1.165) is 10.5 Å². The van der Waals surface area contributed by atoms with Gasteiger partial charge >= 0.3 is 6.03 Å². The van der Waals surface area contributed by atoms with Crippen LogP contribution in [0.3, 0.4) is 0 Å². The van der Waals surface area contributed by atoms with Crippen LogP contribution in [-0.2, 0) is 16.0 Å². The summed E-state index contributed by atoms with van der Waals surface area (Å²) in [7, 11) is 0. The maximum absolute atomic E-state index is 13.6. The van der Waals surface area contributed by atoms with Crippen LogP contribution in [0.5, 0.6) is 0 Å². The molecule has 1 aromatic carbocycles.